The Morgan fingerprint density at radius 3 is 3.42 bits per heavy atom. The van der Waals surface area contributed by atoms with Gasteiger partial charge in [-0.3, -0.25) is 4.98 Å². The van der Waals surface area contributed by atoms with Crippen molar-refractivity contribution in [2.24, 2.45) is 0 Å². The van der Waals surface area contributed by atoms with E-state index in [1.54, 1.807) is 6.20 Å². The van der Waals surface area contributed by atoms with E-state index in [1.165, 1.54) is 11.3 Å². The third-order valence-corrected chi connectivity index (χ3v) is 2.13. The van der Waals surface area contributed by atoms with Crippen molar-refractivity contribution < 1.29 is 4.74 Å². The highest BCUT2D eigenvalue weighted by molar-refractivity contribution is 5.51. The summed E-state index contributed by atoms with van der Waals surface area (Å²) < 4.78 is 5.42. The summed E-state index contributed by atoms with van der Waals surface area (Å²) in [6.45, 7) is 2.45. The van der Waals surface area contributed by atoms with Gasteiger partial charge in [-0.2, -0.15) is 0 Å². The van der Waals surface area contributed by atoms with Gasteiger partial charge in [0.15, 0.2) is 0 Å². The van der Waals surface area contributed by atoms with Gasteiger partial charge in [-0.15, -0.1) is 0 Å². The number of hydrogen-bond donors (Lipinski definition) is 0. The summed E-state index contributed by atoms with van der Waals surface area (Å²) in [4.78, 5) is 6.27. The van der Waals surface area contributed by atoms with Crippen molar-refractivity contribution in [1.82, 2.24) is 4.98 Å². The van der Waals surface area contributed by atoms with Crippen LogP contribution < -0.4 is 4.90 Å². The number of fused-ring (bicyclic) bond motifs is 1. The molecule has 0 bridgehead atoms. The molecule has 1 aromatic rings. The Hall–Kier alpha value is -1.09. The summed E-state index contributed by atoms with van der Waals surface area (Å²) in [6, 6.07) is 2.01. The van der Waals surface area contributed by atoms with E-state index < -0.39 is 0 Å². The summed E-state index contributed by atoms with van der Waals surface area (Å²) in [5, 5.41) is 0. The van der Waals surface area contributed by atoms with E-state index in [2.05, 4.69) is 16.9 Å². The van der Waals surface area contributed by atoms with Crippen LogP contribution in [0.15, 0.2) is 18.5 Å². The molecule has 3 heteroatoms. The third-order valence-electron chi connectivity index (χ3n) is 2.13. The fraction of sp³-hybridized carbons (Fsp3) is 0.444. The van der Waals surface area contributed by atoms with E-state index in [0.717, 1.165) is 13.2 Å². The normalized spacial score (nSPS) is 16.9. The Kier molecular flexibility index (Phi) is 1.96. The molecule has 1 aliphatic rings. The minimum atomic E-state index is 0.711. The molecule has 0 spiro atoms. The van der Waals surface area contributed by atoms with Gasteiger partial charge in [0.1, 0.15) is 0 Å². The number of nitrogens with zero attached hydrogens (tertiary/aromatic N) is 2. The number of ether oxygens (including phenoxy) is 1. The van der Waals surface area contributed by atoms with Crippen LogP contribution >= 0.6 is 0 Å². The van der Waals surface area contributed by atoms with Gasteiger partial charge >= 0.3 is 0 Å². The summed E-state index contributed by atoms with van der Waals surface area (Å²) in [7, 11) is 2.06. The van der Waals surface area contributed by atoms with E-state index in [0.29, 0.717) is 6.61 Å². The van der Waals surface area contributed by atoms with Crippen LogP contribution in [-0.2, 0) is 11.3 Å². The molecule has 0 N–H and O–H groups in total. The summed E-state index contributed by atoms with van der Waals surface area (Å²) in [5.74, 6) is 0. The summed E-state index contributed by atoms with van der Waals surface area (Å²) in [6.07, 6.45) is 3.70. The first kappa shape index (κ1) is 7.55. The second-order valence-corrected chi connectivity index (χ2v) is 2.98. The lowest BCUT2D eigenvalue weighted by atomic mass is 10.2. The second-order valence-electron chi connectivity index (χ2n) is 2.98. The molecule has 0 fully saturated rings. The Bertz CT molecular complexity index is 275. The lowest BCUT2D eigenvalue weighted by Crippen LogP contribution is -2.20. The number of hydrogen-bond acceptors (Lipinski definition) is 3. The van der Waals surface area contributed by atoms with Crippen LogP contribution in [0.4, 0.5) is 5.69 Å². The molecule has 0 atom stereocenters. The predicted octanol–water partition coefficient (Wildman–Crippen LogP) is 1.05. The molecule has 1 aromatic heterocycles. The van der Waals surface area contributed by atoms with Crippen molar-refractivity contribution in [2.75, 3.05) is 25.1 Å². The van der Waals surface area contributed by atoms with Gasteiger partial charge in [0, 0.05) is 25.4 Å². The zero-order chi connectivity index (χ0) is 8.39. The van der Waals surface area contributed by atoms with E-state index in [4.69, 9.17) is 4.74 Å². The van der Waals surface area contributed by atoms with Crippen LogP contribution in [0.3, 0.4) is 0 Å². The molecule has 2 rings (SSSR count). The maximum atomic E-state index is 5.42. The minimum Gasteiger partial charge on any atom is -0.375 e. The number of pyridine rings is 1. The quantitative estimate of drug-likeness (QED) is 0.573. The Morgan fingerprint density at radius 2 is 2.50 bits per heavy atom. The molecule has 0 amide bonds. The third kappa shape index (κ3) is 1.28. The smallest absolute Gasteiger partial charge is 0.0739 e. The number of rotatable bonds is 0. The van der Waals surface area contributed by atoms with Gasteiger partial charge in [0.05, 0.1) is 25.1 Å². The molecule has 0 aliphatic carbocycles. The second kappa shape index (κ2) is 3.11. The molecule has 0 saturated heterocycles. The molecule has 12 heavy (non-hydrogen) atoms. The standard InChI is InChI=1S/C9H12N2O/c1-11-4-5-12-7-8-2-3-10-6-9(8)11/h2-3,6H,4-5,7H2,1H3. The van der Waals surface area contributed by atoms with Gasteiger partial charge in [-0.05, 0) is 6.07 Å². The zero-order valence-corrected chi connectivity index (χ0v) is 7.16. The van der Waals surface area contributed by atoms with E-state index in [9.17, 15) is 0 Å². The Balaban J connectivity index is 2.39. The largest absolute Gasteiger partial charge is 0.375 e. The Morgan fingerprint density at radius 1 is 1.58 bits per heavy atom. The molecule has 64 valence electrons. The van der Waals surface area contributed by atoms with Crippen LogP contribution in [0.25, 0.3) is 0 Å². The zero-order valence-electron chi connectivity index (χ0n) is 7.16. The van der Waals surface area contributed by atoms with Crippen LogP contribution in [0.2, 0.25) is 0 Å². The van der Waals surface area contributed by atoms with Crippen LogP contribution in [0, 0.1) is 0 Å². The van der Waals surface area contributed by atoms with E-state index in [1.807, 2.05) is 12.3 Å². The molecule has 3 nitrogen and oxygen atoms in total. The van der Waals surface area contributed by atoms with Crippen molar-refractivity contribution in [3.8, 4) is 0 Å². The topological polar surface area (TPSA) is 25.4 Å². The van der Waals surface area contributed by atoms with Crippen molar-refractivity contribution in [3.05, 3.63) is 24.0 Å². The SMILES string of the molecule is CN1CCOCc2ccncc21. The molecular formula is C9H12N2O. The molecule has 0 unspecified atom stereocenters. The highest BCUT2D eigenvalue weighted by Gasteiger charge is 2.10. The average Bonchev–Trinajstić information content (AvgIpc) is 2.29. The molecule has 1 aliphatic heterocycles. The van der Waals surface area contributed by atoms with E-state index >= 15 is 0 Å². The first-order valence-corrected chi connectivity index (χ1v) is 4.10. The van der Waals surface area contributed by atoms with E-state index in [-0.39, 0.29) is 0 Å². The lowest BCUT2D eigenvalue weighted by molar-refractivity contribution is 0.133. The van der Waals surface area contributed by atoms with Gasteiger partial charge in [0.2, 0.25) is 0 Å². The fourth-order valence-corrected chi connectivity index (χ4v) is 1.38. The Labute approximate surface area is 72.0 Å². The fourth-order valence-electron chi connectivity index (χ4n) is 1.38. The maximum Gasteiger partial charge on any atom is 0.0739 e. The van der Waals surface area contributed by atoms with Gasteiger partial charge in [0.25, 0.3) is 0 Å². The first-order valence-electron chi connectivity index (χ1n) is 4.10. The number of aromatic nitrogens is 1. The number of likely N-dealkylation sites (N-methyl/N-ethyl adjacent to an activating group) is 1. The maximum absolute atomic E-state index is 5.42. The van der Waals surface area contributed by atoms with Gasteiger partial charge < -0.3 is 9.64 Å². The van der Waals surface area contributed by atoms with Crippen LogP contribution in [0.1, 0.15) is 5.56 Å². The molecular weight excluding hydrogens is 152 g/mol. The highest BCUT2D eigenvalue weighted by Crippen LogP contribution is 2.20. The minimum absolute atomic E-state index is 0.711. The lowest BCUT2D eigenvalue weighted by Gasteiger charge is -2.16. The van der Waals surface area contributed by atoms with Gasteiger partial charge in [-0.25, -0.2) is 0 Å². The molecule has 0 radical (unpaired) electrons. The average molecular weight is 164 g/mol. The molecule has 2 heterocycles. The first-order chi connectivity index (χ1) is 5.88. The monoisotopic (exact) mass is 164 g/mol. The highest BCUT2D eigenvalue weighted by atomic mass is 16.5. The van der Waals surface area contributed by atoms with Crippen molar-refractivity contribution in [1.29, 1.82) is 0 Å². The molecule has 0 aromatic carbocycles. The summed E-state index contributed by atoms with van der Waals surface area (Å²) in [5.41, 5.74) is 2.42. The summed E-state index contributed by atoms with van der Waals surface area (Å²) >= 11 is 0. The van der Waals surface area contributed by atoms with Crippen molar-refractivity contribution in [3.63, 3.8) is 0 Å². The number of anilines is 1. The predicted molar refractivity (Wildman–Crippen MR) is 47.2 cm³/mol. The van der Waals surface area contributed by atoms with Crippen LogP contribution in [0.5, 0.6) is 0 Å². The van der Waals surface area contributed by atoms with Crippen molar-refractivity contribution in [2.45, 2.75) is 6.61 Å². The van der Waals surface area contributed by atoms with Crippen molar-refractivity contribution >= 4 is 5.69 Å². The molecule has 0 saturated carbocycles. The van der Waals surface area contributed by atoms with Gasteiger partial charge in [-0.1, -0.05) is 0 Å². The van der Waals surface area contributed by atoms with Crippen LogP contribution in [-0.4, -0.2) is 25.2 Å².